The van der Waals surface area contributed by atoms with E-state index in [1.54, 1.807) is 17.0 Å². The molecule has 3 N–H and O–H groups in total. The number of hydrogen-bond acceptors (Lipinski definition) is 4. The fourth-order valence-electron chi connectivity index (χ4n) is 2.58. The third kappa shape index (κ3) is 4.65. The number of halogens is 1. The number of hydrogen-bond donors (Lipinski definition) is 2. The van der Waals surface area contributed by atoms with Crippen LogP contribution in [0.4, 0.5) is 5.82 Å². The Bertz CT molecular complexity index is 562. The first kappa shape index (κ1) is 17.7. The Balaban J connectivity index is 1.96. The molecule has 0 saturated carbocycles. The van der Waals surface area contributed by atoms with Gasteiger partial charge in [0.05, 0.1) is 16.9 Å². The second-order valence-electron chi connectivity index (χ2n) is 6.12. The zero-order chi connectivity index (χ0) is 17.0. The Morgan fingerprint density at radius 3 is 2.78 bits per heavy atom. The molecule has 126 valence electrons. The molecule has 0 aromatic carbocycles. The highest BCUT2D eigenvalue weighted by molar-refractivity contribution is 6.30. The van der Waals surface area contributed by atoms with Crippen LogP contribution in [0.5, 0.6) is 0 Å². The van der Waals surface area contributed by atoms with Crippen LogP contribution in [-0.4, -0.2) is 40.8 Å². The Morgan fingerprint density at radius 2 is 2.17 bits per heavy atom. The van der Waals surface area contributed by atoms with E-state index < -0.39 is 0 Å². The normalized spacial score (nSPS) is 20.7. The number of piperidine rings is 1. The maximum atomic E-state index is 12.4. The fraction of sp³-hybridized carbons (Fsp3) is 0.562. The van der Waals surface area contributed by atoms with E-state index in [-0.39, 0.29) is 29.7 Å². The molecule has 23 heavy (non-hydrogen) atoms. The molecule has 1 aliphatic heterocycles. The second-order valence-corrected chi connectivity index (χ2v) is 6.56. The van der Waals surface area contributed by atoms with Crippen molar-refractivity contribution in [1.82, 2.24) is 9.88 Å². The van der Waals surface area contributed by atoms with Gasteiger partial charge in [-0.15, -0.1) is 0 Å². The Morgan fingerprint density at radius 1 is 1.43 bits per heavy atom. The predicted octanol–water partition coefficient (Wildman–Crippen LogP) is 1.90. The van der Waals surface area contributed by atoms with Crippen molar-refractivity contribution in [1.29, 1.82) is 0 Å². The van der Waals surface area contributed by atoms with Crippen LogP contribution in [0.1, 0.15) is 26.7 Å². The van der Waals surface area contributed by atoms with Gasteiger partial charge < -0.3 is 16.0 Å². The highest BCUT2D eigenvalue weighted by Gasteiger charge is 2.31. The molecule has 1 aromatic heterocycles. The second kappa shape index (κ2) is 7.75. The third-order valence-corrected chi connectivity index (χ3v) is 4.48. The number of nitrogens with zero attached hydrogens (tertiary/aromatic N) is 2. The van der Waals surface area contributed by atoms with Gasteiger partial charge >= 0.3 is 0 Å². The number of anilines is 1. The van der Waals surface area contributed by atoms with E-state index in [0.29, 0.717) is 23.9 Å². The minimum absolute atomic E-state index is 0.0158. The fourth-order valence-corrected chi connectivity index (χ4v) is 2.69. The van der Waals surface area contributed by atoms with Crippen LogP contribution in [0.3, 0.4) is 0 Å². The maximum absolute atomic E-state index is 12.4. The van der Waals surface area contributed by atoms with Gasteiger partial charge in [0.15, 0.2) is 0 Å². The van der Waals surface area contributed by atoms with Gasteiger partial charge in [-0.05, 0) is 31.9 Å². The summed E-state index contributed by atoms with van der Waals surface area (Å²) in [5, 5.41) is 3.30. The molecule has 2 rings (SSSR count). The zero-order valence-electron chi connectivity index (χ0n) is 13.5. The molecule has 1 fully saturated rings. The average molecular weight is 339 g/mol. The van der Waals surface area contributed by atoms with Gasteiger partial charge in [-0.1, -0.05) is 18.5 Å². The molecular weight excluding hydrogens is 316 g/mol. The molecule has 0 radical (unpaired) electrons. The lowest BCUT2D eigenvalue weighted by molar-refractivity contribution is -0.138. The van der Waals surface area contributed by atoms with Crippen LogP contribution < -0.4 is 11.1 Å². The lowest BCUT2D eigenvalue weighted by atomic mass is 9.94. The maximum Gasteiger partial charge on any atom is 0.230 e. The molecule has 0 aliphatic carbocycles. The van der Waals surface area contributed by atoms with Gasteiger partial charge in [0.2, 0.25) is 11.8 Å². The van der Waals surface area contributed by atoms with Crippen molar-refractivity contribution in [2.24, 2.45) is 17.6 Å². The van der Waals surface area contributed by atoms with E-state index in [2.05, 4.69) is 10.3 Å². The molecule has 3 atom stereocenters. The first-order valence-corrected chi connectivity index (χ1v) is 8.23. The number of amides is 2. The molecule has 7 heteroatoms. The van der Waals surface area contributed by atoms with Crippen LogP contribution in [0, 0.1) is 11.8 Å². The predicted molar refractivity (Wildman–Crippen MR) is 90.0 cm³/mol. The van der Waals surface area contributed by atoms with Crippen LogP contribution in [0.2, 0.25) is 5.02 Å². The lowest BCUT2D eigenvalue weighted by Gasteiger charge is -2.34. The molecule has 1 saturated heterocycles. The number of carbonyl (C=O) groups is 2. The summed E-state index contributed by atoms with van der Waals surface area (Å²) in [6, 6.07) is 3.13. The van der Waals surface area contributed by atoms with Gasteiger partial charge in [-0.3, -0.25) is 9.59 Å². The van der Waals surface area contributed by atoms with Crippen LogP contribution in [0.15, 0.2) is 18.3 Å². The highest BCUT2D eigenvalue weighted by atomic mass is 35.5. The van der Waals surface area contributed by atoms with Crippen LogP contribution in [0.25, 0.3) is 0 Å². The molecule has 6 nitrogen and oxygen atoms in total. The van der Waals surface area contributed by atoms with Crippen molar-refractivity contribution in [2.45, 2.75) is 32.7 Å². The van der Waals surface area contributed by atoms with Gasteiger partial charge in [-0.25, -0.2) is 4.98 Å². The van der Waals surface area contributed by atoms with E-state index in [9.17, 15) is 9.59 Å². The van der Waals surface area contributed by atoms with E-state index >= 15 is 0 Å². The molecule has 3 unspecified atom stereocenters. The smallest absolute Gasteiger partial charge is 0.230 e. The number of rotatable bonds is 4. The van der Waals surface area contributed by atoms with Crippen molar-refractivity contribution in [2.75, 3.05) is 18.4 Å². The summed E-state index contributed by atoms with van der Waals surface area (Å²) in [7, 11) is 0. The molecule has 1 aromatic rings. The standard InChI is InChI=1S/C16H23ClN4O2/c1-10(11(2)18)16(23)21-7-3-4-12(9-21)15(22)20-14-6-5-13(17)8-19-14/h5-6,8,10-12H,3-4,7,9,18H2,1-2H3,(H,19,20,22). The molecule has 2 heterocycles. The number of aromatic nitrogens is 1. The highest BCUT2D eigenvalue weighted by Crippen LogP contribution is 2.21. The summed E-state index contributed by atoms with van der Waals surface area (Å²) in [6.07, 6.45) is 3.05. The van der Waals surface area contributed by atoms with E-state index in [4.69, 9.17) is 17.3 Å². The SMILES string of the molecule is CC(N)C(C)C(=O)N1CCCC(C(=O)Nc2ccc(Cl)cn2)C1. The van der Waals surface area contributed by atoms with Gasteiger partial charge in [0.25, 0.3) is 0 Å². The summed E-state index contributed by atoms with van der Waals surface area (Å²) in [6.45, 7) is 4.76. The van der Waals surface area contributed by atoms with Crippen molar-refractivity contribution in [3.05, 3.63) is 23.4 Å². The number of carbonyl (C=O) groups excluding carboxylic acids is 2. The number of nitrogens with two attached hydrogens (primary N) is 1. The zero-order valence-corrected chi connectivity index (χ0v) is 14.2. The summed E-state index contributed by atoms with van der Waals surface area (Å²) in [5.41, 5.74) is 5.81. The van der Waals surface area contributed by atoms with Gasteiger partial charge in [0.1, 0.15) is 5.82 Å². The largest absolute Gasteiger partial charge is 0.342 e. The first-order chi connectivity index (χ1) is 10.9. The summed E-state index contributed by atoms with van der Waals surface area (Å²) in [5.74, 6) is -0.111. The lowest BCUT2D eigenvalue weighted by Crippen LogP contribution is -2.48. The quantitative estimate of drug-likeness (QED) is 0.877. The van der Waals surface area contributed by atoms with Crippen molar-refractivity contribution in [3.63, 3.8) is 0 Å². The van der Waals surface area contributed by atoms with Crippen molar-refractivity contribution >= 4 is 29.2 Å². The first-order valence-electron chi connectivity index (χ1n) is 7.85. The van der Waals surface area contributed by atoms with E-state index in [0.717, 1.165) is 12.8 Å². The minimum atomic E-state index is -0.241. The van der Waals surface area contributed by atoms with Crippen molar-refractivity contribution in [3.8, 4) is 0 Å². The molecule has 0 spiro atoms. The molecule has 2 amide bonds. The van der Waals surface area contributed by atoms with Gasteiger partial charge in [-0.2, -0.15) is 0 Å². The minimum Gasteiger partial charge on any atom is -0.342 e. The summed E-state index contributed by atoms with van der Waals surface area (Å²) in [4.78, 5) is 30.6. The van der Waals surface area contributed by atoms with Crippen LogP contribution in [-0.2, 0) is 9.59 Å². The Hall–Kier alpha value is -1.66. The number of likely N-dealkylation sites (tertiary alicyclic amines) is 1. The summed E-state index contributed by atoms with van der Waals surface area (Å²) >= 11 is 5.78. The van der Waals surface area contributed by atoms with Crippen LogP contribution >= 0.6 is 11.6 Å². The topological polar surface area (TPSA) is 88.3 Å². The monoisotopic (exact) mass is 338 g/mol. The number of pyridine rings is 1. The van der Waals surface area contributed by atoms with Crippen molar-refractivity contribution < 1.29 is 9.59 Å². The Labute approximate surface area is 141 Å². The average Bonchev–Trinajstić information content (AvgIpc) is 2.55. The molecule has 0 bridgehead atoms. The van der Waals surface area contributed by atoms with Gasteiger partial charge in [0, 0.05) is 25.3 Å². The number of nitrogens with one attached hydrogen (secondary N) is 1. The Kier molecular flexibility index (Phi) is 5.96. The molecular formula is C16H23ClN4O2. The summed E-state index contributed by atoms with van der Waals surface area (Å²) < 4.78 is 0. The van der Waals surface area contributed by atoms with E-state index in [1.807, 2.05) is 13.8 Å². The third-order valence-electron chi connectivity index (χ3n) is 4.26. The molecule has 1 aliphatic rings. The van der Waals surface area contributed by atoms with E-state index in [1.165, 1.54) is 6.20 Å².